The zero-order valence-corrected chi connectivity index (χ0v) is 11.5. The molecule has 100 valence electrons. The van der Waals surface area contributed by atoms with Crippen molar-refractivity contribution >= 4 is 17.7 Å². The van der Waals surface area contributed by atoms with Gasteiger partial charge in [0.05, 0.1) is 13.7 Å². The predicted octanol–water partition coefficient (Wildman–Crippen LogP) is 1.68. The summed E-state index contributed by atoms with van der Waals surface area (Å²) in [4.78, 5) is 11.7. The minimum atomic E-state index is -0.260. The first-order valence-corrected chi connectivity index (χ1v) is 6.72. The molecule has 18 heavy (non-hydrogen) atoms. The van der Waals surface area contributed by atoms with E-state index >= 15 is 0 Å². The van der Waals surface area contributed by atoms with Gasteiger partial charge >= 0.3 is 5.97 Å². The van der Waals surface area contributed by atoms with Crippen LogP contribution in [0.2, 0.25) is 0 Å². The molecule has 7 heteroatoms. The molecule has 1 aromatic rings. The van der Waals surface area contributed by atoms with Gasteiger partial charge in [-0.2, -0.15) is 0 Å². The van der Waals surface area contributed by atoms with Crippen LogP contribution < -0.4 is 0 Å². The largest absolute Gasteiger partial charge is 0.468 e. The summed E-state index contributed by atoms with van der Waals surface area (Å²) in [5, 5.41) is 11.7. The molecule has 0 fully saturated rings. The third-order valence-corrected chi connectivity index (χ3v) is 3.55. The Kier molecular flexibility index (Phi) is 6.42. The maximum Gasteiger partial charge on any atom is 0.319 e. The van der Waals surface area contributed by atoms with Crippen molar-refractivity contribution in [2.75, 3.05) is 7.11 Å². The van der Waals surface area contributed by atoms with Gasteiger partial charge in [0.15, 0.2) is 0 Å². The van der Waals surface area contributed by atoms with Crippen LogP contribution in [0.3, 0.4) is 0 Å². The molecule has 1 heterocycles. The second-order valence-corrected chi connectivity index (χ2v) is 4.87. The number of carbonyl (C=O) groups excluding carboxylic acids is 1. The Morgan fingerprint density at radius 1 is 1.67 bits per heavy atom. The zero-order chi connectivity index (χ0) is 13.4. The van der Waals surface area contributed by atoms with Gasteiger partial charge in [-0.1, -0.05) is 37.6 Å². The summed E-state index contributed by atoms with van der Waals surface area (Å²) in [5.41, 5.74) is 0. The van der Waals surface area contributed by atoms with Crippen molar-refractivity contribution in [1.29, 1.82) is 0 Å². The molecular formula is C11H18N4O2S. The number of thioether (sulfide) groups is 1. The smallest absolute Gasteiger partial charge is 0.319 e. The molecule has 0 aliphatic heterocycles. The minimum Gasteiger partial charge on any atom is -0.468 e. The van der Waals surface area contributed by atoms with Crippen LogP contribution in [0.5, 0.6) is 0 Å². The Labute approximate surface area is 111 Å². The first-order chi connectivity index (χ1) is 8.72. The number of ether oxygens (including phenoxy) is 1. The number of tetrazole rings is 1. The Balaban J connectivity index is 2.71. The molecule has 0 saturated carbocycles. The predicted molar refractivity (Wildman–Crippen MR) is 69.2 cm³/mol. The molecule has 0 aromatic carbocycles. The zero-order valence-electron chi connectivity index (χ0n) is 10.7. The summed E-state index contributed by atoms with van der Waals surface area (Å²) in [5.74, 6) is -0.235. The SMILES string of the molecule is C=CCn1nnnc1S[C@H](CCCC)C(=O)OC. The summed E-state index contributed by atoms with van der Waals surface area (Å²) < 4.78 is 6.41. The van der Waals surface area contributed by atoms with E-state index in [1.54, 1.807) is 10.8 Å². The van der Waals surface area contributed by atoms with Gasteiger partial charge in [0.1, 0.15) is 5.25 Å². The van der Waals surface area contributed by atoms with E-state index in [1.165, 1.54) is 18.9 Å². The maximum atomic E-state index is 11.7. The quantitative estimate of drug-likeness (QED) is 0.407. The average molecular weight is 270 g/mol. The number of rotatable bonds is 8. The van der Waals surface area contributed by atoms with Crippen molar-refractivity contribution in [3.63, 3.8) is 0 Å². The molecule has 1 aromatic heterocycles. The van der Waals surface area contributed by atoms with Crippen LogP contribution in [-0.4, -0.2) is 38.5 Å². The lowest BCUT2D eigenvalue weighted by atomic mass is 10.2. The van der Waals surface area contributed by atoms with Gasteiger partial charge < -0.3 is 4.74 Å². The van der Waals surface area contributed by atoms with E-state index in [0.717, 1.165) is 19.3 Å². The summed E-state index contributed by atoms with van der Waals surface area (Å²) in [7, 11) is 1.40. The van der Waals surface area contributed by atoms with Crippen LogP contribution in [-0.2, 0) is 16.1 Å². The number of allylic oxidation sites excluding steroid dienone is 1. The summed E-state index contributed by atoms with van der Waals surface area (Å²) in [6.07, 6.45) is 4.47. The Hall–Kier alpha value is -1.37. The van der Waals surface area contributed by atoms with Crippen molar-refractivity contribution in [3.8, 4) is 0 Å². The van der Waals surface area contributed by atoms with E-state index in [9.17, 15) is 4.79 Å². The normalized spacial score (nSPS) is 12.1. The number of hydrogen-bond acceptors (Lipinski definition) is 6. The number of hydrogen-bond donors (Lipinski definition) is 0. The van der Waals surface area contributed by atoms with E-state index in [-0.39, 0.29) is 11.2 Å². The molecule has 0 spiro atoms. The van der Waals surface area contributed by atoms with Gasteiger partial charge in [-0.25, -0.2) is 4.68 Å². The lowest BCUT2D eigenvalue weighted by Crippen LogP contribution is -2.19. The molecule has 0 saturated heterocycles. The Morgan fingerprint density at radius 3 is 3.06 bits per heavy atom. The molecule has 6 nitrogen and oxygen atoms in total. The average Bonchev–Trinajstić information content (AvgIpc) is 2.81. The number of unbranched alkanes of at least 4 members (excludes halogenated alkanes) is 1. The van der Waals surface area contributed by atoms with Crippen LogP contribution in [0.15, 0.2) is 17.8 Å². The van der Waals surface area contributed by atoms with Crippen LogP contribution in [0.4, 0.5) is 0 Å². The molecule has 0 aliphatic rings. The van der Waals surface area contributed by atoms with E-state index in [4.69, 9.17) is 4.74 Å². The molecular weight excluding hydrogens is 252 g/mol. The molecule has 0 unspecified atom stereocenters. The number of aromatic nitrogens is 4. The van der Waals surface area contributed by atoms with Crippen molar-refractivity contribution in [3.05, 3.63) is 12.7 Å². The van der Waals surface area contributed by atoms with Gasteiger partial charge in [-0.3, -0.25) is 4.79 Å². The fourth-order valence-corrected chi connectivity index (χ4v) is 2.44. The lowest BCUT2D eigenvalue weighted by molar-refractivity contribution is -0.140. The second kappa shape index (κ2) is 7.86. The molecule has 0 radical (unpaired) electrons. The summed E-state index contributed by atoms with van der Waals surface area (Å²) in [6.45, 7) is 6.25. The van der Waals surface area contributed by atoms with Crippen LogP contribution in [0, 0.1) is 0 Å². The van der Waals surface area contributed by atoms with E-state index in [2.05, 4.69) is 29.0 Å². The number of carbonyl (C=O) groups is 1. The number of methoxy groups -OCH3 is 1. The molecule has 0 bridgehead atoms. The van der Waals surface area contributed by atoms with Crippen LogP contribution in [0.25, 0.3) is 0 Å². The third kappa shape index (κ3) is 4.14. The Morgan fingerprint density at radius 2 is 2.44 bits per heavy atom. The maximum absolute atomic E-state index is 11.7. The van der Waals surface area contributed by atoms with Crippen molar-refractivity contribution in [2.45, 2.75) is 43.1 Å². The minimum absolute atomic E-state index is 0.235. The topological polar surface area (TPSA) is 69.9 Å². The molecule has 0 amide bonds. The van der Waals surface area contributed by atoms with Crippen LogP contribution >= 0.6 is 11.8 Å². The highest BCUT2D eigenvalue weighted by Gasteiger charge is 2.22. The summed E-state index contributed by atoms with van der Waals surface area (Å²) in [6, 6.07) is 0. The third-order valence-electron chi connectivity index (χ3n) is 2.33. The Bertz CT molecular complexity index is 394. The summed E-state index contributed by atoms with van der Waals surface area (Å²) >= 11 is 1.34. The van der Waals surface area contributed by atoms with E-state index in [0.29, 0.717) is 11.7 Å². The van der Waals surface area contributed by atoms with E-state index in [1.807, 2.05) is 0 Å². The fourth-order valence-electron chi connectivity index (χ4n) is 1.39. The number of esters is 1. The van der Waals surface area contributed by atoms with Gasteiger partial charge in [0.25, 0.3) is 0 Å². The second-order valence-electron chi connectivity index (χ2n) is 3.70. The standard InChI is InChI=1S/C11H18N4O2S/c1-4-6-7-9(10(16)17-3)18-11-12-13-14-15(11)8-5-2/h5,9H,2,4,6-8H2,1,3H3/t9-/m1/s1. The van der Waals surface area contributed by atoms with Gasteiger partial charge in [0, 0.05) is 0 Å². The van der Waals surface area contributed by atoms with E-state index < -0.39 is 0 Å². The highest BCUT2D eigenvalue weighted by atomic mass is 32.2. The highest BCUT2D eigenvalue weighted by Crippen LogP contribution is 2.25. The fraction of sp³-hybridized carbons (Fsp3) is 0.636. The first-order valence-electron chi connectivity index (χ1n) is 5.84. The molecule has 1 rings (SSSR count). The molecule has 1 atom stereocenters. The molecule has 0 N–H and O–H groups in total. The highest BCUT2D eigenvalue weighted by molar-refractivity contribution is 8.00. The monoisotopic (exact) mass is 270 g/mol. The number of nitrogens with zero attached hydrogens (tertiary/aromatic N) is 4. The lowest BCUT2D eigenvalue weighted by Gasteiger charge is -2.12. The van der Waals surface area contributed by atoms with Crippen molar-refractivity contribution < 1.29 is 9.53 Å². The van der Waals surface area contributed by atoms with Crippen molar-refractivity contribution in [2.24, 2.45) is 0 Å². The van der Waals surface area contributed by atoms with Crippen molar-refractivity contribution in [1.82, 2.24) is 20.2 Å². The van der Waals surface area contributed by atoms with Gasteiger partial charge in [-0.05, 0) is 16.8 Å². The van der Waals surface area contributed by atoms with Gasteiger partial charge in [0.2, 0.25) is 5.16 Å². The first kappa shape index (κ1) is 14.7. The molecule has 0 aliphatic carbocycles. The van der Waals surface area contributed by atoms with Gasteiger partial charge in [-0.15, -0.1) is 11.7 Å². The van der Waals surface area contributed by atoms with Crippen LogP contribution in [0.1, 0.15) is 26.2 Å².